The van der Waals surface area contributed by atoms with Crippen LogP contribution in [-0.2, 0) is 12.0 Å². The first-order chi connectivity index (χ1) is 18.6. The highest BCUT2D eigenvalue weighted by molar-refractivity contribution is 6.43. The van der Waals surface area contributed by atoms with Crippen molar-refractivity contribution < 1.29 is 4.74 Å². The third-order valence-electron chi connectivity index (χ3n) is 8.54. The van der Waals surface area contributed by atoms with E-state index in [1.165, 1.54) is 24.1 Å². The number of nitrogens with zero attached hydrogens (tertiary/aromatic N) is 3. The molecule has 0 radical (unpaired) electrons. The van der Waals surface area contributed by atoms with Crippen LogP contribution in [0.1, 0.15) is 43.9 Å². The van der Waals surface area contributed by atoms with Crippen LogP contribution in [0.4, 0.5) is 5.69 Å². The fraction of sp³-hybridized carbons (Fsp3) is 0.452. The van der Waals surface area contributed by atoms with E-state index < -0.39 is 0 Å². The SMILES string of the molecule is CCOc1ccccc1-c1ccc2c(n1)CN(C[C@H]1CCCN1)CC21CCN(c2cccc(Cl)c2Cl)CC1. The number of benzene rings is 2. The van der Waals surface area contributed by atoms with Crippen molar-refractivity contribution in [3.05, 3.63) is 75.9 Å². The molecule has 38 heavy (non-hydrogen) atoms. The monoisotopic (exact) mass is 550 g/mol. The molecule has 7 heteroatoms. The van der Waals surface area contributed by atoms with Crippen molar-refractivity contribution in [3.8, 4) is 17.0 Å². The first-order valence-corrected chi connectivity index (χ1v) is 14.7. The van der Waals surface area contributed by atoms with E-state index >= 15 is 0 Å². The number of ether oxygens (including phenoxy) is 1. The minimum absolute atomic E-state index is 0.0820. The summed E-state index contributed by atoms with van der Waals surface area (Å²) in [6, 6.07) is 19.3. The van der Waals surface area contributed by atoms with Gasteiger partial charge < -0.3 is 15.0 Å². The van der Waals surface area contributed by atoms with Crippen molar-refractivity contribution in [3.63, 3.8) is 0 Å². The van der Waals surface area contributed by atoms with Crippen LogP contribution in [0.3, 0.4) is 0 Å². The highest BCUT2D eigenvalue weighted by atomic mass is 35.5. The molecule has 0 amide bonds. The number of piperidine rings is 1. The first kappa shape index (κ1) is 25.9. The van der Waals surface area contributed by atoms with Crippen LogP contribution in [-0.4, -0.2) is 55.3 Å². The van der Waals surface area contributed by atoms with Gasteiger partial charge in [-0.3, -0.25) is 9.88 Å². The number of hydrogen-bond donors (Lipinski definition) is 1. The molecule has 1 atom stereocenters. The van der Waals surface area contributed by atoms with Crippen LogP contribution in [0.15, 0.2) is 54.6 Å². The summed E-state index contributed by atoms with van der Waals surface area (Å²) < 4.78 is 5.94. The van der Waals surface area contributed by atoms with Crippen molar-refractivity contribution in [2.75, 3.05) is 44.2 Å². The number of anilines is 1. The van der Waals surface area contributed by atoms with Gasteiger partial charge in [-0.1, -0.05) is 47.5 Å². The molecule has 1 aromatic heterocycles. The quantitative estimate of drug-likeness (QED) is 0.376. The molecule has 2 aromatic carbocycles. The summed E-state index contributed by atoms with van der Waals surface area (Å²) in [5.74, 6) is 0.895. The lowest BCUT2D eigenvalue weighted by molar-refractivity contribution is 0.140. The molecule has 3 aliphatic heterocycles. The highest BCUT2D eigenvalue weighted by Gasteiger charge is 2.43. The van der Waals surface area contributed by atoms with Crippen LogP contribution in [0.2, 0.25) is 10.0 Å². The molecule has 4 heterocycles. The van der Waals surface area contributed by atoms with E-state index in [1.807, 2.05) is 31.2 Å². The largest absolute Gasteiger partial charge is 0.493 e. The van der Waals surface area contributed by atoms with Gasteiger partial charge in [0, 0.05) is 49.7 Å². The maximum Gasteiger partial charge on any atom is 0.128 e. The van der Waals surface area contributed by atoms with Gasteiger partial charge in [-0.05, 0) is 75.0 Å². The minimum atomic E-state index is 0.0820. The van der Waals surface area contributed by atoms with Gasteiger partial charge >= 0.3 is 0 Å². The topological polar surface area (TPSA) is 40.6 Å². The van der Waals surface area contributed by atoms with E-state index in [9.17, 15) is 0 Å². The molecule has 2 saturated heterocycles. The molecule has 1 spiro atoms. The second-order valence-electron chi connectivity index (χ2n) is 10.9. The van der Waals surface area contributed by atoms with E-state index in [1.54, 1.807) is 0 Å². The summed E-state index contributed by atoms with van der Waals surface area (Å²) in [7, 11) is 0. The molecular formula is C31H36Cl2N4O. The van der Waals surface area contributed by atoms with Gasteiger partial charge in [0.05, 0.1) is 33.7 Å². The summed E-state index contributed by atoms with van der Waals surface area (Å²) in [5, 5.41) is 4.98. The Morgan fingerprint density at radius 2 is 1.89 bits per heavy atom. The van der Waals surface area contributed by atoms with Gasteiger partial charge in [0.15, 0.2) is 0 Å². The second kappa shape index (κ2) is 11.1. The van der Waals surface area contributed by atoms with E-state index in [2.05, 4.69) is 45.4 Å². The Balaban J connectivity index is 1.32. The van der Waals surface area contributed by atoms with Crippen molar-refractivity contribution in [1.82, 2.24) is 15.2 Å². The number of halogens is 2. The van der Waals surface area contributed by atoms with Crippen LogP contribution >= 0.6 is 23.2 Å². The fourth-order valence-electron chi connectivity index (χ4n) is 6.69. The standard InChI is InChI=1S/C31H36Cl2N4O/c1-2-38-29-11-4-3-8-23(29)26-13-12-24-27(35-26)20-36(19-22-7-6-16-34-22)21-31(24)14-17-37(18-15-31)28-10-5-9-25(32)30(28)33/h3-5,8-13,22,34H,2,6-7,14-21H2,1H3/t22-/m1/s1. The predicted octanol–water partition coefficient (Wildman–Crippen LogP) is 6.56. The second-order valence-corrected chi connectivity index (χ2v) is 11.7. The average Bonchev–Trinajstić information content (AvgIpc) is 3.44. The zero-order chi connectivity index (χ0) is 26.1. The molecular weight excluding hydrogens is 515 g/mol. The van der Waals surface area contributed by atoms with Gasteiger partial charge in [-0.25, -0.2) is 0 Å². The summed E-state index contributed by atoms with van der Waals surface area (Å²) in [4.78, 5) is 10.4. The maximum atomic E-state index is 6.60. The Kier molecular flexibility index (Phi) is 7.54. The Morgan fingerprint density at radius 1 is 1.05 bits per heavy atom. The Hall–Kier alpha value is -2.31. The zero-order valence-corrected chi connectivity index (χ0v) is 23.6. The van der Waals surface area contributed by atoms with Gasteiger partial charge in [0.2, 0.25) is 0 Å². The number of nitrogens with one attached hydrogen (secondary N) is 1. The minimum Gasteiger partial charge on any atom is -0.493 e. The Bertz CT molecular complexity index is 1280. The van der Waals surface area contributed by atoms with E-state index in [4.69, 9.17) is 32.9 Å². The molecule has 3 aromatic rings. The molecule has 200 valence electrons. The van der Waals surface area contributed by atoms with Crippen molar-refractivity contribution in [1.29, 1.82) is 0 Å². The molecule has 0 aliphatic carbocycles. The maximum absolute atomic E-state index is 6.60. The van der Waals surface area contributed by atoms with Crippen molar-refractivity contribution in [2.45, 2.75) is 50.6 Å². The molecule has 1 N–H and O–H groups in total. The summed E-state index contributed by atoms with van der Waals surface area (Å²) in [6.07, 6.45) is 4.65. The third-order valence-corrected chi connectivity index (χ3v) is 9.35. The van der Waals surface area contributed by atoms with E-state index in [0.717, 1.165) is 74.8 Å². The van der Waals surface area contributed by atoms with Gasteiger partial charge in [0.1, 0.15) is 5.75 Å². The fourth-order valence-corrected chi connectivity index (χ4v) is 7.10. The number of fused-ring (bicyclic) bond motifs is 2. The lowest BCUT2D eigenvalue weighted by Gasteiger charge is -2.49. The van der Waals surface area contributed by atoms with Crippen molar-refractivity contribution >= 4 is 28.9 Å². The third kappa shape index (κ3) is 5.02. The number of hydrogen-bond acceptors (Lipinski definition) is 5. The molecule has 3 aliphatic rings. The smallest absolute Gasteiger partial charge is 0.128 e. The number of pyridine rings is 1. The molecule has 0 saturated carbocycles. The molecule has 2 fully saturated rings. The summed E-state index contributed by atoms with van der Waals surface area (Å²) in [6.45, 7) is 8.74. The zero-order valence-electron chi connectivity index (χ0n) is 22.1. The predicted molar refractivity (Wildman–Crippen MR) is 157 cm³/mol. The number of para-hydroxylation sites is 1. The van der Waals surface area contributed by atoms with Gasteiger partial charge in [-0.15, -0.1) is 0 Å². The van der Waals surface area contributed by atoms with E-state index in [0.29, 0.717) is 22.7 Å². The number of rotatable bonds is 6. The average molecular weight is 552 g/mol. The van der Waals surface area contributed by atoms with Crippen LogP contribution < -0.4 is 15.0 Å². The molecule has 0 unspecified atom stereocenters. The Morgan fingerprint density at radius 3 is 2.68 bits per heavy atom. The Labute approximate surface area is 236 Å². The molecule has 5 nitrogen and oxygen atoms in total. The normalized spacial score (nSPS) is 21.0. The lowest BCUT2D eigenvalue weighted by atomic mass is 9.69. The van der Waals surface area contributed by atoms with E-state index in [-0.39, 0.29) is 5.41 Å². The number of aromatic nitrogens is 1. The molecule has 6 rings (SSSR count). The van der Waals surface area contributed by atoms with Crippen LogP contribution in [0.5, 0.6) is 5.75 Å². The van der Waals surface area contributed by atoms with Crippen molar-refractivity contribution in [2.24, 2.45) is 0 Å². The van der Waals surface area contributed by atoms with Gasteiger partial charge in [-0.2, -0.15) is 0 Å². The molecule has 0 bridgehead atoms. The highest BCUT2D eigenvalue weighted by Crippen LogP contribution is 2.44. The van der Waals surface area contributed by atoms with Crippen LogP contribution in [0.25, 0.3) is 11.3 Å². The summed E-state index contributed by atoms with van der Waals surface area (Å²) in [5.41, 5.74) is 5.81. The lowest BCUT2D eigenvalue weighted by Crippen LogP contribution is -2.54. The van der Waals surface area contributed by atoms with Gasteiger partial charge in [0.25, 0.3) is 0 Å². The van der Waals surface area contributed by atoms with Crippen LogP contribution in [0, 0.1) is 0 Å². The first-order valence-electron chi connectivity index (χ1n) is 13.9. The summed E-state index contributed by atoms with van der Waals surface area (Å²) >= 11 is 13.0.